The molecule has 1 saturated heterocycles. The summed E-state index contributed by atoms with van der Waals surface area (Å²) in [6, 6.07) is 13.8. The first kappa shape index (κ1) is 24.5. The third kappa shape index (κ3) is 5.61. The Balaban J connectivity index is 1.66. The van der Waals surface area contributed by atoms with E-state index in [9.17, 15) is 13.2 Å². The number of sulfonamides is 1. The maximum Gasteiger partial charge on any atom is 0.243 e. The first-order chi connectivity index (χ1) is 15.2. The minimum Gasteiger partial charge on any atom is -0.497 e. The molecule has 1 aliphatic heterocycles. The van der Waals surface area contributed by atoms with Crippen LogP contribution in [-0.2, 0) is 14.8 Å². The maximum atomic E-state index is 13.1. The van der Waals surface area contributed by atoms with Gasteiger partial charge in [-0.15, -0.1) is 0 Å². The lowest BCUT2D eigenvalue weighted by Gasteiger charge is -2.32. The Labute approximate surface area is 195 Å². The zero-order chi connectivity index (χ0) is 23.3. The lowest BCUT2D eigenvalue weighted by atomic mass is 9.98. The second-order valence-corrected chi connectivity index (χ2v) is 10.5. The summed E-state index contributed by atoms with van der Waals surface area (Å²) in [4.78, 5) is 15.1. The molecule has 9 heteroatoms. The number of ether oxygens (including phenoxy) is 1. The van der Waals surface area contributed by atoms with Crippen LogP contribution < -0.4 is 10.1 Å². The van der Waals surface area contributed by atoms with E-state index in [1.807, 2.05) is 43.3 Å². The van der Waals surface area contributed by atoms with Crippen LogP contribution in [0.3, 0.4) is 0 Å². The Hall–Kier alpha value is -2.13. The highest BCUT2D eigenvalue weighted by Gasteiger charge is 2.33. The van der Waals surface area contributed by atoms with E-state index in [-0.39, 0.29) is 23.4 Å². The highest BCUT2D eigenvalue weighted by atomic mass is 35.5. The van der Waals surface area contributed by atoms with Gasteiger partial charge in [0, 0.05) is 24.7 Å². The average Bonchev–Trinajstić information content (AvgIpc) is 2.80. The third-order valence-corrected chi connectivity index (χ3v) is 8.03. The van der Waals surface area contributed by atoms with Gasteiger partial charge in [0.1, 0.15) is 5.75 Å². The Bertz CT molecular complexity index is 1030. The number of nitrogens with one attached hydrogen (secondary N) is 1. The van der Waals surface area contributed by atoms with E-state index >= 15 is 0 Å². The largest absolute Gasteiger partial charge is 0.497 e. The van der Waals surface area contributed by atoms with E-state index in [0.29, 0.717) is 36.7 Å². The molecule has 2 aromatic carbocycles. The van der Waals surface area contributed by atoms with Gasteiger partial charge < -0.3 is 15.0 Å². The molecule has 174 valence electrons. The summed E-state index contributed by atoms with van der Waals surface area (Å²) in [5, 5.41) is 3.66. The van der Waals surface area contributed by atoms with E-state index in [0.717, 1.165) is 5.56 Å². The predicted octanol–water partition coefficient (Wildman–Crippen LogP) is 3.17. The summed E-state index contributed by atoms with van der Waals surface area (Å²) in [5.74, 6) is 0.0539. The molecule has 0 radical (unpaired) electrons. The number of carbonyl (C=O) groups is 1. The van der Waals surface area contributed by atoms with Crippen molar-refractivity contribution in [3.05, 3.63) is 59.1 Å². The maximum absolute atomic E-state index is 13.1. The van der Waals surface area contributed by atoms with Crippen molar-refractivity contribution >= 4 is 27.5 Å². The normalized spacial score (nSPS) is 18.3. The second-order valence-electron chi connectivity index (χ2n) is 8.12. The smallest absolute Gasteiger partial charge is 0.243 e. The highest BCUT2D eigenvalue weighted by molar-refractivity contribution is 7.89. The number of hydrogen-bond donors (Lipinski definition) is 1. The average molecular weight is 480 g/mol. The number of nitrogens with zero attached hydrogens (tertiary/aromatic N) is 2. The van der Waals surface area contributed by atoms with Crippen LogP contribution in [0.1, 0.15) is 24.4 Å². The van der Waals surface area contributed by atoms with Gasteiger partial charge in [0.05, 0.1) is 24.0 Å². The zero-order valence-corrected chi connectivity index (χ0v) is 20.2. The molecule has 2 aromatic rings. The standard InChI is InChI=1S/C23H30ClN3O4S/c1-26(2)22(20-8-4-5-9-21(20)24)15-25-23(28)17-7-6-14-27(16-17)32(29,30)19-12-10-18(31-3)11-13-19/h4-5,8-13,17,22H,6-7,14-16H2,1-3H3,(H,25,28)/t17-,22-/m0/s1. The Kier molecular flexibility index (Phi) is 8.16. The van der Waals surface area contributed by atoms with Crippen molar-refractivity contribution in [2.45, 2.75) is 23.8 Å². The van der Waals surface area contributed by atoms with Gasteiger partial charge in [-0.05, 0) is 62.8 Å². The van der Waals surface area contributed by atoms with E-state index in [2.05, 4.69) is 5.32 Å². The summed E-state index contributed by atoms with van der Waals surface area (Å²) >= 11 is 6.35. The van der Waals surface area contributed by atoms with Crippen molar-refractivity contribution in [1.29, 1.82) is 0 Å². The molecule has 0 unspecified atom stereocenters. The number of rotatable bonds is 8. The second kappa shape index (κ2) is 10.7. The van der Waals surface area contributed by atoms with Gasteiger partial charge in [0.2, 0.25) is 15.9 Å². The lowest BCUT2D eigenvalue weighted by molar-refractivity contribution is -0.126. The van der Waals surface area contributed by atoms with Gasteiger partial charge in [-0.1, -0.05) is 29.8 Å². The molecule has 1 fully saturated rings. The molecule has 7 nitrogen and oxygen atoms in total. The summed E-state index contributed by atoms with van der Waals surface area (Å²) in [5.41, 5.74) is 0.937. The Morgan fingerprint density at radius 1 is 1.22 bits per heavy atom. The van der Waals surface area contributed by atoms with Crippen LogP contribution in [-0.4, -0.2) is 64.4 Å². The van der Waals surface area contributed by atoms with Crippen molar-refractivity contribution in [3.8, 4) is 5.75 Å². The zero-order valence-electron chi connectivity index (χ0n) is 18.6. The van der Waals surface area contributed by atoms with Crippen LogP contribution in [0.15, 0.2) is 53.4 Å². The van der Waals surface area contributed by atoms with E-state index in [1.54, 1.807) is 12.1 Å². The van der Waals surface area contributed by atoms with Crippen molar-refractivity contribution in [1.82, 2.24) is 14.5 Å². The summed E-state index contributed by atoms with van der Waals surface area (Å²) in [6.45, 7) is 0.953. The van der Waals surface area contributed by atoms with Crippen molar-refractivity contribution in [2.24, 2.45) is 5.92 Å². The van der Waals surface area contributed by atoms with Crippen LogP contribution in [0.4, 0.5) is 0 Å². The molecular weight excluding hydrogens is 450 g/mol. The number of halogens is 1. The van der Waals surface area contributed by atoms with Crippen LogP contribution in [0, 0.1) is 5.92 Å². The number of benzene rings is 2. The molecule has 0 saturated carbocycles. The monoisotopic (exact) mass is 479 g/mol. The van der Waals surface area contributed by atoms with Crippen molar-refractivity contribution in [2.75, 3.05) is 40.8 Å². The topological polar surface area (TPSA) is 79.0 Å². The number of methoxy groups -OCH3 is 1. The van der Waals surface area contributed by atoms with E-state index in [4.69, 9.17) is 16.3 Å². The predicted molar refractivity (Wildman–Crippen MR) is 125 cm³/mol. The molecule has 1 N–H and O–H groups in total. The molecule has 0 spiro atoms. The van der Waals surface area contributed by atoms with Crippen molar-refractivity contribution < 1.29 is 17.9 Å². The molecule has 3 rings (SSSR count). The van der Waals surface area contributed by atoms with Crippen molar-refractivity contribution in [3.63, 3.8) is 0 Å². The molecule has 1 aliphatic rings. The van der Waals surface area contributed by atoms with Crippen LogP contribution >= 0.6 is 11.6 Å². The molecule has 32 heavy (non-hydrogen) atoms. The molecule has 0 aromatic heterocycles. The van der Waals surface area contributed by atoms with Gasteiger partial charge >= 0.3 is 0 Å². The van der Waals surface area contributed by atoms with E-state index in [1.165, 1.54) is 23.5 Å². The van der Waals surface area contributed by atoms with Gasteiger partial charge in [0.25, 0.3) is 0 Å². The van der Waals surface area contributed by atoms with Crippen LogP contribution in [0.2, 0.25) is 5.02 Å². The van der Waals surface area contributed by atoms with E-state index < -0.39 is 15.9 Å². The fourth-order valence-electron chi connectivity index (χ4n) is 3.93. The molecule has 1 amide bonds. The lowest BCUT2D eigenvalue weighted by Crippen LogP contribution is -2.46. The number of piperidine rings is 1. The minimum absolute atomic E-state index is 0.0876. The molecular formula is C23H30ClN3O4S. The molecule has 0 bridgehead atoms. The minimum atomic E-state index is -3.67. The van der Waals surface area contributed by atoms with Crippen LogP contribution in [0.25, 0.3) is 0 Å². The van der Waals surface area contributed by atoms with Crippen LogP contribution in [0.5, 0.6) is 5.75 Å². The molecule has 1 heterocycles. The first-order valence-electron chi connectivity index (χ1n) is 10.6. The van der Waals surface area contributed by atoms with Gasteiger partial charge in [-0.25, -0.2) is 8.42 Å². The Morgan fingerprint density at radius 3 is 2.53 bits per heavy atom. The molecule has 0 aliphatic carbocycles. The van der Waals surface area contributed by atoms with Gasteiger partial charge in [-0.2, -0.15) is 4.31 Å². The number of likely N-dealkylation sites (N-methyl/N-ethyl adjacent to an activating group) is 1. The summed E-state index contributed by atoms with van der Waals surface area (Å²) < 4.78 is 32.6. The summed E-state index contributed by atoms with van der Waals surface area (Å²) in [6.07, 6.45) is 1.29. The Morgan fingerprint density at radius 2 is 1.91 bits per heavy atom. The quantitative estimate of drug-likeness (QED) is 0.629. The fourth-order valence-corrected chi connectivity index (χ4v) is 5.71. The third-order valence-electron chi connectivity index (χ3n) is 5.81. The highest BCUT2D eigenvalue weighted by Crippen LogP contribution is 2.27. The summed E-state index contributed by atoms with van der Waals surface area (Å²) in [7, 11) is 1.73. The molecule has 2 atom stereocenters. The van der Waals surface area contributed by atoms with Gasteiger partial charge in [0.15, 0.2) is 0 Å². The first-order valence-corrected chi connectivity index (χ1v) is 12.4. The number of hydrogen-bond acceptors (Lipinski definition) is 5. The fraction of sp³-hybridized carbons (Fsp3) is 0.435. The number of carbonyl (C=O) groups excluding carboxylic acids is 1. The number of amides is 1. The van der Waals surface area contributed by atoms with Gasteiger partial charge in [-0.3, -0.25) is 4.79 Å². The SMILES string of the molecule is COc1ccc(S(=O)(=O)N2CCC[C@H](C(=O)NC[C@@H](c3ccccc3Cl)N(C)C)C2)cc1.